The largest absolute Gasteiger partial charge is 0.507 e. The monoisotopic (exact) mass is 991 g/mol. The summed E-state index contributed by atoms with van der Waals surface area (Å²) in [6.07, 6.45) is -32.7. The van der Waals surface area contributed by atoms with Crippen LogP contribution >= 0.6 is 0 Å². The second-order valence-corrected chi connectivity index (χ2v) is 16.4. The van der Waals surface area contributed by atoms with Crippen molar-refractivity contribution in [2.45, 2.75) is 169 Å². The van der Waals surface area contributed by atoms with Crippen LogP contribution in [-0.2, 0) is 57.1 Å². The molecule has 392 valence electrons. The summed E-state index contributed by atoms with van der Waals surface area (Å²) in [5, 5.41) is 148. The summed E-state index contributed by atoms with van der Waals surface area (Å²) in [7, 11) is 0. The molecule has 0 spiro atoms. The number of nitrogens with two attached hydrogens (primary N) is 1. The molecule has 4 saturated heterocycles. The Kier molecular flexibility index (Phi) is 21.5. The number of hydrogen-bond acceptors (Lipinski definition) is 26. The van der Waals surface area contributed by atoms with E-state index in [0.29, 0.717) is 0 Å². The molecule has 22 atom stereocenters. The molecule has 0 saturated carbocycles. The number of rotatable bonds is 20. The van der Waals surface area contributed by atoms with E-state index in [1.54, 1.807) is 0 Å². The van der Waals surface area contributed by atoms with E-state index in [4.69, 9.17) is 43.6 Å². The molecule has 0 aromatic rings. The van der Waals surface area contributed by atoms with E-state index >= 15 is 0 Å². The van der Waals surface area contributed by atoms with Crippen LogP contribution < -0.4 is 27.0 Å². The van der Waals surface area contributed by atoms with Crippen molar-refractivity contribution in [3.8, 4) is 0 Å². The van der Waals surface area contributed by atoms with Gasteiger partial charge < -0.3 is 131 Å². The zero-order valence-corrected chi connectivity index (χ0v) is 37.2. The van der Waals surface area contributed by atoms with E-state index < -0.39 is 210 Å². The summed E-state index contributed by atoms with van der Waals surface area (Å²) in [5.41, 5.74) is 5.09. The molecular formula is C38H65N5O25. The number of carbonyl (C=O) groups excluding carboxylic acids is 4. The average Bonchev–Trinajstić information content (AvgIpc) is 3.28. The topological polar surface area (TPSA) is 479 Å². The van der Waals surface area contributed by atoms with Crippen LogP contribution in [-0.4, -0.2) is 258 Å². The average molecular weight is 992 g/mol. The first-order chi connectivity index (χ1) is 32.0. The first-order valence-electron chi connectivity index (χ1n) is 21.4. The molecule has 22 unspecified atom stereocenters. The smallest absolute Gasteiger partial charge is 0.221 e. The van der Waals surface area contributed by atoms with Gasteiger partial charge in [0.1, 0.15) is 109 Å². The summed E-state index contributed by atoms with van der Waals surface area (Å²) in [6.45, 7) is -0.328. The van der Waals surface area contributed by atoms with Crippen molar-refractivity contribution >= 4 is 23.6 Å². The first-order valence-corrected chi connectivity index (χ1v) is 21.4. The quantitative estimate of drug-likeness (QED) is 0.0398. The molecule has 19 N–H and O–H groups in total. The molecule has 4 aliphatic rings. The minimum Gasteiger partial charge on any atom is -0.507 e. The number of aliphatic hydroxyl groups is 13. The van der Waals surface area contributed by atoms with E-state index in [9.17, 15) is 85.6 Å². The van der Waals surface area contributed by atoms with Gasteiger partial charge in [0.05, 0.1) is 32.5 Å². The van der Waals surface area contributed by atoms with Gasteiger partial charge in [-0.05, 0) is 0 Å². The molecule has 4 aliphatic heterocycles. The normalized spacial score (nSPS) is 40.0. The number of carbonyl (C=O) groups is 4. The number of hydrogen-bond donors (Lipinski definition) is 18. The van der Waals surface area contributed by atoms with Gasteiger partial charge in [-0.25, -0.2) is 0 Å². The third-order valence-corrected chi connectivity index (χ3v) is 11.3. The van der Waals surface area contributed by atoms with Crippen LogP contribution in [0.5, 0.6) is 0 Å². The van der Waals surface area contributed by atoms with Gasteiger partial charge in [-0.2, -0.15) is 0 Å². The highest BCUT2D eigenvalue weighted by Gasteiger charge is 2.55. The molecule has 0 aromatic heterocycles. The molecular weight excluding hydrogens is 926 g/mol. The molecule has 0 bridgehead atoms. The van der Waals surface area contributed by atoms with Gasteiger partial charge in [0.25, 0.3) is 0 Å². The predicted octanol–water partition coefficient (Wildman–Crippen LogP) is -10.4. The van der Waals surface area contributed by atoms with Crippen LogP contribution in [0.25, 0.3) is 0 Å². The molecule has 4 amide bonds. The van der Waals surface area contributed by atoms with Crippen LogP contribution in [0.1, 0.15) is 34.1 Å². The molecule has 4 rings (SSSR count). The number of aliphatic hydroxyl groups excluding tert-OH is 13. The van der Waals surface area contributed by atoms with Gasteiger partial charge in [0.15, 0.2) is 31.5 Å². The SMILES string of the molecule is CC(=O)N/C(=C(/O)C(CCO)OC1OC(CO)C(O)C(O)C1N)C(O)OC1C(CO)OC(OC2C(CO)OC(OC3C(CO)OC(O)C(NC(C)=O)C3O)C(NC(C)=O)C2O)C(NC(C)=O)C1O. The van der Waals surface area contributed by atoms with Crippen molar-refractivity contribution in [1.82, 2.24) is 21.3 Å². The van der Waals surface area contributed by atoms with Gasteiger partial charge in [0, 0.05) is 40.7 Å². The fourth-order valence-electron chi connectivity index (χ4n) is 8.04. The highest BCUT2D eigenvalue weighted by atomic mass is 16.7. The van der Waals surface area contributed by atoms with Gasteiger partial charge in [-0.1, -0.05) is 0 Å². The Hall–Kier alpha value is -3.42. The summed E-state index contributed by atoms with van der Waals surface area (Å²) in [5.74, 6) is -4.28. The van der Waals surface area contributed by atoms with Crippen molar-refractivity contribution in [1.29, 1.82) is 0 Å². The standard InChI is InChI=1S/C38H65N5O25/c1-11(49)40-21(25(53)15(5-6-44)62-36-20(39)27(55)26(54)16(7-45)63-36)35(60)66-31-18(9-47)64-37(23(29(31)57)42-13(3)51)68-33-19(10-48)65-38(24(30(33)58)43-14(4)52)67-32-17(8-46)61-34(59)22(28(32)56)41-12(2)50/h15-20,22-24,26-38,44-48,53-60H,5-10,39H2,1-4H3,(H,40,49)(H,41,50)(H,42,51)(H,43,52)/b25-21+. The van der Waals surface area contributed by atoms with E-state index in [1.165, 1.54) is 0 Å². The maximum Gasteiger partial charge on any atom is 0.221 e. The Bertz CT molecular complexity index is 1700. The molecule has 30 heteroatoms. The summed E-state index contributed by atoms with van der Waals surface area (Å²) in [4.78, 5) is 49.2. The van der Waals surface area contributed by atoms with Crippen molar-refractivity contribution < 1.29 is 123 Å². The van der Waals surface area contributed by atoms with E-state index in [-0.39, 0.29) is 0 Å². The Morgan fingerprint density at radius 1 is 0.559 bits per heavy atom. The van der Waals surface area contributed by atoms with Gasteiger partial charge in [-0.15, -0.1) is 0 Å². The fourth-order valence-corrected chi connectivity index (χ4v) is 8.04. The second kappa shape index (κ2) is 25.6. The third-order valence-electron chi connectivity index (χ3n) is 11.3. The zero-order chi connectivity index (χ0) is 50.9. The maximum absolute atomic E-state index is 12.5. The van der Waals surface area contributed by atoms with Crippen LogP contribution in [0, 0.1) is 0 Å². The molecule has 30 nitrogen and oxygen atoms in total. The lowest BCUT2D eigenvalue weighted by atomic mass is 9.93. The summed E-state index contributed by atoms with van der Waals surface area (Å²) >= 11 is 0. The molecule has 4 fully saturated rings. The Morgan fingerprint density at radius 2 is 0.985 bits per heavy atom. The second-order valence-electron chi connectivity index (χ2n) is 16.4. The summed E-state index contributed by atoms with van der Waals surface area (Å²) < 4.78 is 45.8. The van der Waals surface area contributed by atoms with Crippen LogP contribution in [0.3, 0.4) is 0 Å². The fraction of sp³-hybridized carbons (Fsp3) is 0.842. The zero-order valence-electron chi connectivity index (χ0n) is 37.2. The van der Waals surface area contributed by atoms with Crippen molar-refractivity contribution in [3.05, 3.63) is 11.5 Å². The Labute approximate surface area is 387 Å². The van der Waals surface area contributed by atoms with Gasteiger partial charge >= 0.3 is 0 Å². The Morgan fingerprint density at radius 3 is 1.44 bits per heavy atom. The lowest BCUT2D eigenvalue weighted by Crippen LogP contribution is -2.71. The van der Waals surface area contributed by atoms with E-state index in [2.05, 4.69) is 21.3 Å². The predicted molar refractivity (Wildman–Crippen MR) is 217 cm³/mol. The first kappa shape index (κ1) is 57.2. The minimum absolute atomic E-state index is 0.501. The van der Waals surface area contributed by atoms with Crippen LogP contribution in [0.15, 0.2) is 11.5 Å². The van der Waals surface area contributed by atoms with Crippen LogP contribution in [0.2, 0.25) is 0 Å². The number of amides is 4. The molecule has 0 aliphatic carbocycles. The summed E-state index contributed by atoms with van der Waals surface area (Å²) in [6, 6.07) is -6.43. The number of nitrogens with one attached hydrogen (secondary N) is 4. The lowest BCUT2D eigenvalue weighted by Gasteiger charge is -2.50. The third kappa shape index (κ3) is 13.7. The minimum atomic E-state index is -2.48. The molecule has 68 heavy (non-hydrogen) atoms. The molecule has 4 heterocycles. The van der Waals surface area contributed by atoms with E-state index in [1.807, 2.05) is 0 Å². The number of ether oxygens (including phenoxy) is 8. The van der Waals surface area contributed by atoms with Crippen molar-refractivity contribution in [3.63, 3.8) is 0 Å². The highest BCUT2D eigenvalue weighted by molar-refractivity contribution is 5.75. The van der Waals surface area contributed by atoms with E-state index in [0.717, 1.165) is 27.7 Å². The van der Waals surface area contributed by atoms with Gasteiger partial charge in [-0.3, -0.25) is 19.2 Å². The molecule has 0 radical (unpaired) electrons. The van der Waals surface area contributed by atoms with Crippen LogP contribution in [0.4, 0.5) is 0 Å². The lowest BCUT2D eigenvalue weighted by molar-refractivity contribution is -0.355. The maximum atomic E-state index is 12.5. The Balaban J connectivity index is 1.62. The highest BCUT2D eigenvalue weighted by Crippen LogP contribution is 2.34. The molecule has 0 aromatic carbocycles. The van der Waals surface area contributed by atoms with Crippen molar-refractivity contribution in [2.75, 3.05) is 33.0 Å². The van der Waals surface area contributed by atoms with Gasteiger partial charge in [0.2, 0.25) is 23.6 Å². The van der Waals surface area contributed by atoms with Crippen molar-refractivity contribution in [2.24, 2.45) is 5.73 Å².